The van der Waals surface area contributed by atoms with Crippen LogP contribution in [0.3, 0.4) is 0 Å². The van der Waals surface area contributed by atoms with Crippen molar-refractivity contribution in [3.8, 4) is 0 Å². The first kappa shape index (κ1) is 13.2. The first-order valence-corrected chi connectivity index (χ1v) is 7.13. The molecule has 0 aliphatic carbocycles. The number of hydrogen-bond acceptors (Lipinski definition) is 5. The molecule has 0 aliphatic rings. The van der Waals surface area contributed by atoms with Gasteiger partial charge in [-0.3, -0.25) is 0 Å². The Morgan fingerprint density at radius 1 is 1.56 bits per heavy atom. The number of carboxylic acid groups (broad SMARTS) is 1. The summed E-state index contributed by atoms with van der Waals surface area (Å²) in [6.07, 6.45) is 1.24. The van der Waals surface area contributed by atoms with E-state index in [1.54, 1.807) is 18.4 Å². The van der Waals surface area contributed by atoms with Crippen LogP contribution >= 0.6 is 22.7 Å². The van der Waals surface area contributed by atoms with E-state index in [9.17, 15) is 9.90 Å². The largest absolute Gasteiger partial charge is 0.477 e. The van der Waals surface area contributed by atoms with Crippen LogP contribution < -0.4 is 0 Å². The SMILES string of the molecule is COCCc1nc(Cc2cccs2)c(C(=O)O)s1. The molecule has 0 unspecified atom stereocenters. The summed E-state index contributed by atoms with van der Waals surface area (Å²) in [7, 11) is 1.62. The number of thiazole rings is 1. The Balaban J connectivity index is 2.21. The highest BCUT2D eigenvalue weighted by atomic mass is 32.1. The van der Waals surface area contributed by atoms with Gasteiger partial charge < -0.3 is 9.84 Å². The van der Waals surface area contributed by atoms with Crippen molar-refractivity contribution in [3.63, 3.8) is 0 Å². The van der Waals surface area contributed by atoms with Crippen LogP contribution in [0.4, 0.5) is 0 Å². The molecule has 0 bridgehead atoms. The minimum Gasteiger partial charge on any atom is -0.477 e. The van der Waals surface area contributed by atoms with Crippen molar-refractivity contribution < 1.29 is 14.6 Å². The van der Waals surface area contributed by atoms with Crippen LogP contribution in [-0.4, -0.2) is 29.8 Å². The highest BCUT2D eigenvalue weighted by Crippen LogP contribution is 2.23. The van der Waals surface area contributed by atoms with Crippen molar-refractivity contribution in [1.82, 2.24) is 4.98 Å². The van der Waals surface area contributed by atoms with E-state index in [2.05, 4.69) is 4.98 Å². The first-order valence-electron chi connectivity index (χ1n) is 5.44. The number of ether oxygens (including phenoxy) is 1. The second-order valence-electron chi connectivity index (χ2n) is 3.69. The van der Waals surface area contributed by atoms with Crippen molar-refractivity contribution >= 4 is 28.6 Å². The van der Waals surface area contributed by atoms with Gasteiger partial charge in [0, 0.05) is 24.8 Å². The van der Waals surface area contributed by atoms with Crippen LogP contribution in [0.15, 0.2) is 17.5 Å². The molecule has 0 spiro atoms. The Morgan fingerprint density at radius 2 is 2.39 bits per heavy atom. The summed E-state index contributed by atoms with van der Waals surface area (Å²) in [5, 5.41) is 12.0. The lowest BCUT2D eigenvalue weighted by atomic mass is 10.2. The normalized spacial score (nSPS) is 10.7. The van der Waals surface area contributed by atoms with E-state index in [-0.39, 0.29) is 0 Å². The Hall–Kier alpha value is -1.24. The molecule has 2 aromatic heterocycles. The molecule has 1 N–H and O–H groups in total. The maximum Gasteiger partial charge on any atom is 0.347 e. The smallest absolute Gasteiger partial charge is 0.347 e. The summed E-state index contributed by atoms with van der Waals surface area (Å²) < 4.78 is 4.98. The fourth-order valence-electron chi connectivity index (χ4n) is 1.56. The van der Waals surface area contributed by atoms with Crippen LogP contribution in [0.5, 0.6) is 0 Å². The lowest BCUT2D eigenvalue weighted by molar-refractivity contribution is 0.0701. The number of carboxylic acids is 1. The average Bonchev–Trinajstić information content (AvgIpc) is 2.96. The number of aromatic carboxylic acids is 1. The van der Waals surface area contributed by atoms with Crippen LogP contribution in [0.2, 0.25) is 0 Å². The van der Waals surface area contributed by atoms with Gasteiger partial charge in [0.2, 0.25) is 0 Å². The molecule has 18 heavy (non-hydrogen) atoms. The van der Waals surface area contributed by atoms with Gasteiger partial charge in [-0.25, -0.2) is 9.78 Å². The third-order valence-electron chi connectivity index (χ3n) is 2.38. The summed E-state index contributed by atoms with van der Waals surface area (Å²) in [6, 6.07) is 3.95. The van der Waals surface area contributed by atoms with E-state index in [0.717, 1.165) is 9.88 Å². The van der Waals surface area contributed by atoms with Gasteiger partial charge in [-0.05, 0) is 11.4 Å². The summed E-state index contributed by atoms with van der Waals surface area (Å²) >= 11 is 2.86. The fourth-order valence-corrected chi connectivity index (χ4v) is 3.17. The molecule has 0 saturated carbocycles. The Bertz CT molecular complexity index is 519. The minimum absolute atomic E-state index is 0.342. The predicted molar refractivity (Wildman–Crippen MR) is 71.8 cm³/mol. The Kier molecular flexibility index (Phi) is 4.46. The van der Waals surface area contributed by atoms with Gasteiger partial charge >= 0.3 is 5.97 Å². The zero-order valence-electron chi connectivity index (χ0n) is 9.88. The van der Waals surface area contributed by atoms with Crippen LogP contribution in [0, 0.1) is 0 Å². The predicted octanol–water partition coefficient (Wildman–Crippen LogP) is 2.68. The third-order valence-corrected chi connectivity index (χ3v) is 4.40. The summed E-state index contributed by atoms with van der Waals surface area (Å²) in [5.74, 6) is -0.900. The van der Waals surface area contributed by atoms with Crippen molar-refractivity contribution in [2.24, 2.45) is 0 Å². The molecule has 96 valence electrons. The molecule has 0 fully saturated rings. The molecule has 2 heterocycles. The maximum atomic E-state index is 11.2. The van der Waals surface area contributed by atoms with Crippen LogP contribution in [0.25, 0.3) is 0 Å². The quantitative estimate of drug-likeness (QED) is 0.885. The third kappa shape index (κ3) is 3.16. The standard InChI is InChI=1S/C12H13NO3S2/c1-16-5-4-10-13-9(11(18-10)12(14)15)7-8-3-2-6-17-8/h2-3,6H,4-5,7H2,1H3,(H,14,15). The van der Waals surface area contributed by atoms with Crippen LogP contribution in [0.1, 0.15) is 25.3 Å². The van der Waals surface area contributed by atoms with Gasteiger partial charge in [0.15, 0.2) is 0 Å². The summed E-state index contributed by atoms with van der Waals surface area (Å²) in [5.41, 5.74) is 0.654. The van der Waals surface area contributed by atoms with Crippen molar-refractivity contribution in [3.05, 3.63) is 38.0 Å². The minimum atomic E-state index is -0.900. The number of hydrogen-bond donors (Lipinski definition) is 1. The van der Waals surface area contributed by atoms with E-state index in [1.807, 2.05) is 17.5 Å². The summed E-state index contributed by atoms with van der Waals surface area (Å²) in [6.45, 7) is 0.561. The molecule has 4 nitrogen and oxygen atoms in total. The number of aromatic nitrogens is 1. The van der Waals surface area contributed by atoms with Gasteiger partial charge in [0.1, 0.15) is 4.88 Å². The van der Waals surface area contributed by atoms with Gasteiger partial charge in [-0.15, -0.1) is 22.7 Å². The van der Waals surface area contributed by atoms with E-state index in [1.165, 1.54) is 11.3 Å². The number of methoxy groups -OCH3 is 1. The molecule has 2 rings (SSSR count). The second kappa shape index (κ2) is 6.08. The van der Waals surface area contributed by atoms with E-state index in [4.69, 9.17) is 4.74 Å². The number of nitrogens with zero attached hydrogens (tertiary/aromatic N) is 1. The molecule has 0 amide bonds. The van der Waals surface area contributed by atoms with E-state index < -0.39 is 5.97 Å². The number of carbonyl (C=O) groups is 1. The van der Waals surface area contributed by atoms with Crippen LogP contribution in [-0.2, 0) is 17.6 Å². The van der Waals surface area contributed by atoms with Crippen molar-refractivity contribution in [2.75, 3.05) is 13.7 Å². The monoisotopic (exact) mass is 283 g/mol. The topological polar surface area (TPSA) is 59.4 Å². The average molecular weight is 283 g/mol. The van der Waals surface area contributed by atoms with Crippen molar-refractivity contribution in [1.29, 1.82) is 0 Å². The number of rotatable bonds is 6. The fraction of sp³-hybridized carbons (Fsp3) is 0.333. The Labute approximate surface area is 113 Å². The lowest BCUT2D eigenvalue weighted by Gasteiger charge is -1.95. The molecule has 0 aromatic carbocycles. The molecule has 2 aromatic rings. The summed E-state index contributed by atoms with van der Waals surface area (Å²) in [4.78, 5) is 17.1. The van der Waals surface area contributed by atoms with Gasteiger partial charge in [-0.1, -0.05) is 6.07 Å². The van der Waals surface area contributed by atoms with Crippen molar-refractivity contribution in [2.45, 2.75) is 12.8 Å². The molecule has 6 heteroatoms. The Morgan fingerprint density at radius 3 is 3.00 bits per heavy atom. The highest BCUT2D eigenvalue weighted by Gasteiger charge is 2.17. The molecule has 0 radical (unpaired) electrons. The molecular formula is C12H13NO3S2. The molecule has 0 saturated heterocycles. The van der Waals surface area contributed by atoms with E-state index in [0.29, 0.717) is 30.0 Å². The highest BCUT2D eigenvalue weighted by molar-refractivity contribution is 7.13. The van der Waals surface area contributed by atoms with Gasteiger partial charge in [-0.2, -0.15) is 0 Å². The molecule has 0 atom stereocenters. The maximum absolute atomic E-state index is 11.2. The number of thiophene rings is 1. The van der Waals surface area contributed by atoms with Gasteiger partial charge in [0.05, 0.1) is 17.3 Å². The lowest BCUT2D eigenvalue weighted by Crippen LogP contribution is -1.99. The van der Waals surface area contributed by atoms with Gasteiger partial charge in [0.25, 0.3) is 0 Å². The van der Waals surface area contributed by atoms with E-state index >= 15 is 0 Å². The molecular weight excluding hydrogens is 270 g/mol. The zero-order chi connectivity index (χ0) is 13.0. The molecule has 0 aliphatic heterocycles. The first-order chi connectivity index (χ1) is 8.70. The zero-order valence-corrected chi connectivity index (χ0v) is 11.5. The second-order valence-corrected chi connectivity index (χ2v) is 5.80.